The van der Waals surface area contributed by atoms with Gasteiger partial charge in [-0.3, -0.25) is 0 Å². The Bertz CT molecular complexity index is 1110. The van der Waals surface area contributed by atoms with Crippen molar-refractivity contribution in [1.29, 1.82) is 0 Å². The van der Waals surface area contributed by atoms with Crippen LogP contribution < -0.4 is 9.47 Å². The molecule has 0 fully saturated rings. The molecule has 150 valence electrons. The second kappa shape index (κ2) is 7.43. The van der Waals surface area contributed by atoms with Gasteiger partial charge in [-0.1, -0.05) is 25.1 Å². The van der Waals surface area contributed by atoms with Crippen LogP contribution in [0.5, 0.6) is 17.2 Å². The minimum atomic E-state index is -1.23. The zero-order valence-corrected chi connectivity index (χ0v) is 15.9. The van der Waals surface area contributed by atoms with Crippen molar-refractivity contribution < 1.29 is 27.0 Å². The summed E-state index contributed by atoms with van der Waals surface area (Å²) in [5.41, 5.74) is 1.49. The molecule has 1 aliphatic rings. The van der Waals surface area contributed by atoms with E-state index in [2.05, 4.69) is 0 Å². The van der Waals surface area contributed by atoms with E-state index in [0.717, 1.165) is 0 Å². The minimum absolute atomic E-state index is 0.0151. The van der Waals surface area contributed by atoms with Crippen LogP contribution in [0, 0.1) is 23.3 Å². The molecule has 0 amide bonds. The predicted octanol–water partition coefficient (Wildman–Crippen LogP) is 6.57. The Hall–Kier alpha value is -3.02. The number of hydrogen-bond acceptors (Lipinski definition) is 2. The first-order valence-electron chi connectivity index (χ1n) is 9.36. The van der Waals surface area contributed by atoms with Crippen LogP contribution >= 0.6 is 0 Å². The first-order valence-corrected chi connectivity index (χ1v) is 9.36. The molecule has 0 saturated carbocycles. The van der Waals surface area contributed by atoms with E-state index in [4.69, 9.17) is 9.47 Å². The van der Waals surface area contributed by atoms with Gasteiger partial charge in [0.05, 0.1) is 6.61 Å². The van der Waals surface area contributed by atoms with Gasteiger partial charge in [0, 0.05) is 23.1 Å². The van der Waals surface area contributed by atoms with Crippen LogP contribution in [0.15, 0.2) is 36.4 Å². The Kier molecular flexibility index (Phi) is 4.94. The summed E-state index contributed by atoms with van der Waals surface area (Å²) in [6.07, 6.45) is 0.640. The van der Waals surface area contributed by atoms with Crippen molar-refractivity contribution in [3.05, 3.63) is 76.4 Å². The molecular formula is C23H18F4O2. The van der Waals surface area contributed by atoms with E-state index < -0.39 is 23.3 Å². The Labute approximate surface area is 165 Å². The number of halogens is 4. The first kappa shape index (κ1) is 19.3. The molecule has 3 aromatic rings. The van der Waals surface area contributed by atoms with Gasteiger partial charge in [0.1, 0.15) is 5.82 Å². The Morgan fingerprint density at radius 1 is 0.862 bits per heavy atom. The number of fused-ring (bicyclic) bond motifs is 2. The van der Waals surface area contributed by atoms with Crippen molar-refractivity contribution in [2.75, 3.05) is 6.61 Å². The largest absolute Gasteiger partial charge is 0.491 e. The average molecular weight is 402 g/mol. The lowest BCUT2D eigenvalue weighted by Gasteiger charge is -2.23. The van der Waals surface area contributed by atoms with E-state index in [0.29, 0.717) is 23.1 Å². The van der Waals surface area contributed by atoms with Gasteiger partial charge in [0.15, 0.2) is 23.1 Å². The smallest absolute Gasteiger partial charge is 0.207 e. The van der Waals surface area contributed by atoms with Crippen LogP contribution in [0.25, 0.3) is 11.1 Å². The maximum absolute atomic E-state index is 14.8. The molecule has 0 unspecified atom stereocenters. The van der Waals surface area contributed by atoms with E-state index in [-0.39, 0.29) is 41.4 Å². The van der Waals surface area contributed by atoms with Gasteiger partial charge >= 0.3 is 0 Å². The van der Waals surface area contributed by atoms with Crippen molar-refractivity contribution in [3.8, 4) is 28.4 Å². The molecule has 0 bridgehead atoms. The van der Waals surface area contributed by atoms with E-state index in [9.17, 15) is 17.6 Å². The van der Waals surface area contributed by atoms with Gasteiger partial charge in [-0.2, -0.15) is 8.78 Å². The molecule has 4 rings (SSSR count). The second-order valence-corrected chi connectivity index (χ2v) is 6.78. The number of ether oxygens (including phenoxy) is 2. The summed E-state index contributed by atoms with van der Waals surface area (Å²) in [4.78, 5) is 0. The van der Waals surface area contributed by atoms with Gasteiger partial charge < -0.3 is 9.47 Å². The highest BCUT2D eigenvalue weighted by molar-refractivity contribution is 5.69. The Morgan fingerprint density at radius 3 is 2.31 bits per heavy atom. The summed E-state index contributed by atoms with van der Waals surface area (Å²) in [5.74, 6) is -4.18. The van der Waals surface area contributed by atoms with Gasteiger partial charge in [0.2, 0.25) is 11.6 Å². The van der Waals surface area contributed by atoms with E-state index in [1.807, 2.05) is 6.92 Å². The van der Waals surface area contributed by atoms with Gasteiger partial charge in [-0.05, 0) is 42.7 Å². The fourth-order valence-electron chi connectivity index (χ4n) is 3.52. The fourth-order valence-corrected chi connectivity index (χ4v) is 3.52. The molecule has 0 saturated heterocycles. The molecule has 0 radical (unpaired) electrons. The lowest BCUT2D eigenvalue weighted by Crippen LogP contribution is -2.10. The molecule has 0 spiro atoms. The van der Waals surface area contributed by atoms with Gasteiger partial charge in [0.25, 0.3) is 0 Å². The lowest BCUT2D eigenvalue weighted by atomic mass is 9.94. The predicted molar refractivity (Wildman–Crippen MR) is 102 cm³/mol. The summed E-state index contributed by atoms with van der Waals surface area (Å²) in [6.45, 7) is 3.77. The first-order chi connectivity index (χ1) is 13.9. The standard InChI is InChI=1S/C23H18F4O2/c1-3-12-5-6-13(11-17(12)24)16-10-15-9-14-7-8-18(28-4-2)20(26)22(14)29-23(15)21(27)19(16)25/h5-8,10-11H,3-4,9H2,1-2H3. The molecule has 29 heavy (non-hydrogen) atoms. The highest BCUT2D eigenvalue weighted by atomic mass is 19.2. The highest BCUT2D eigenvalue weighted by Crippen LogP contribution is 2.44. The molecule has 0 aromatic heterocycles. The quantitative estimate of drug-likeness (QED) is 0.360. The van der Waals surface area contributed by atoms with Crippen LogP contribution in [-0.2, 0) is 12.8 Å². The van der Waals surface area contributed by atoms with Crippen molar-refractivity contribution in [2.24, 2.45) is 0 Å². The molecule has 1 heterocycles. The Balaban J connectivity index is 1.80. The summed E-state index contributed by atoms with van der Waals surface area (Å²) in [5, 5.41) is 0. The molecular weight excluding hydrogens is 384 g/mol. The van der Waals surface area contributed by atoms with E-state index in [1.54, 1.807) is 25.1 Å². The van der Waals surface area contributed by atoms with Crippen LogP contribution in [0.1, 0.15) is 30.5 Å². The van der Waals surface area contributed by atoms with Crippen molar-refractivity contribution >= 4 is 0 Å². The van der Waals surface area contributed by atoms with Crippen molar-refractivity contribution in [2.45, 2.75) is 26.7 Å². The molecule has 3 aromatic carbocycles. The minimum Gasteiger partial charge on any atom is -0.491 e. The third-order valence-corrected chi connectivity index (χ3v) is 5.01. The van der Waals surface area contributed by atoms with E-state index >= 15 is 0 Å². The molecule has 0 N–H and O–H groups in total. The summed E-state index contributed by atoms with van der Waals surface area (Å²) < 4.78 is 69.0. The molecule has 0 aliphatic carbocycles. The third kappa shape index (κ3) is 3.22. The molecule has 6 heteroatoms. The molecule has 0 atom stereocenters. The summed E-state index contributed by atoms with van der Waals surface area (Å²) in [6, 6.07) is 8.82. The number of rotatable bonds is 4. The zero-order chi connectivity index (χ0) is 20.7. The van der Waals surface area contributed by atoms with E-state index in [1.165, 1.54) is 18.2 Å². The molecule has 1 aliphatic heterocycles. The summed E-state index contributed by atoms with van der Waals surface area (Å²) in [7, 11) is 0. The van der Waals surface area contributed by atoms with Crippen LogP contribution in [0.3, 0.4) is 0 Å². The van der Waals surface area contributed by atoms with Crippen LogP contribution in [0.2, 0.25) is 0 Å². The average Bonchev–Trinajstić information content (AvgIpc) is 2.72. The fraction of sp³-hybridized carbons (Fsp3) is 0.217. The lowest BCUT2D eigenvalue weighted by molar-refractivity contribution is 0.310. The zero-order valence-electron chi connectivity index (χ0n) is 15.9. The number of aryl methyl sites for hydroxylation is 1. The van der Waals surface area contributed by atoms with Gasteiger partial charge in [-0.25, -0.2) is 8.78 Å². The third-order valence-electron chi connectivity index (χ3n) is 5.01. The monoisotopic (exact) mass is 402 g/mol. The maximum atomic E-state index is 14.8. The second-order valence-electron chi connectivity index (χ2n) is 6.78. The van der Waals surface area contributed by atoms with Crippen molar-refractivity contribution in [1.82, 2.24) is 0 Å². The SMILES string of the molecule is CCOc1ccc2c(c1F)Oc1c(cc(-c3ccc(CC)c(F)c3)c(F)c1F)C2. The van der Waals surface area contributed by atoms with Gasteiger partial charge in [-0.15, -0.1) is 0 Å². The topological polar surface area (TPSA) is 18.5 Å². The van der Waals surface area contributed by atoms with Crippen LogP contribution in [-0.4, -0.2) is 6.61 Å². The maximum Gasteiger partial charge on any atom is 0.207 e. The number of hydrogen-bond donors (Lipinski definition) is 0. The van der Waals surface area contributed by atoms with Crippen LogP contribution in [0.4, 0.5) is 17.6 Å². The Morgan fingerprint density at radius 2 is 1.62 bits per heavy atom. The molecule has 2 nitrogen and oxygen atoms in total. The summed E-state index contributed by atoms with van der Waals surface area (Å²) >= 11 is 0. The number of benzene rings is 3. The normalized spacial score (nSPS) is 12.2. The highest BCUT2D eigenvalue weighted by Gasteiger charge is 2.29. The van der Waals surface area contributed by atoms with Crippen molar-refractivity contribution in [3.63, 3.8) is 0 Å².